The van der Waals surface area contributed by atoms with Crippen LogP contribution in [0.25, 0.3) is 0 Å². The molecular formula is C16H22N2O3. The molecule has 1 saturated heterocycles. The van der Waals surface area contributed by atoms with Crippen LogP contribution in [0.15, 0.2) is 18.2 Å². The van der Waals surface area contributed by atoms with Crippen LogP contribution in [0.4, 0.5) is 0 Å². The third kappa shape index (κ3) is 3.67. The molecule has 1 aromatic rings. The first-order chi connectivity index (χ1) is 10.2. The second kappa shape index (κ2) is 6.35. The van der Waals surface area contributed by atoms with E-state index in [9.17, 15) is 4.79 Å². The number of amides is 1. The van der Waals surface area contributed by atoms with Gasteiger partial charge in [0.25, 0.3) is 0 Å². The van der Waals surface area contributed by atoms with Crippen molar-refractivity contribution in [3.8, 4) is 11.5 Å². The van der Waals surface area contributed by atoms with Crippen molar-refractivity contribution < 1.29 is 14.3 Å². The lowest BCUT2D eigenvalue weighted by Crippen LogP contribution is -2.43. The fourth-order valence-electron chi connectivity index (χ4n) is 2.81. The molecule has 3 rings (SSSR count). The number of benzene rings is 1. The average molecular weight is 290 g/mol. The molecule has 0 spiro atoms. The molecular weight excluding hydrogens is 268 g/mol. The third-order valence-electron chi connectivity index (χ3n) is 4.16. The highest BCUT2D eigenvalue weighted by atomic mass is 16.7. The Morgan fingerprint density at radius 1 is 1.29 bits per heavy atom. The Hall–Kier alpha value is -1.75. The van der Waals surface area contributed by atoms with Crippen LogP contribution in [-0.4, -0.2) is 43.8 Å². The van der Waals surface area contributed by atoms with Gasteiger partial charge in [0.2, 0.25) is 12.7 Å². The summed E-state index contributed by atoms with van der Waals surface area (Å²) in [7, 11) is 2.12. The van der Waals surface area contributed by atoms with Gasteiger partial charge in [0.1, 0.15) is 0 Å². The Morgan fingerprint density at radius 2 is 2.05 bits per heavy atom. The van der Waals surface area contributed by atoms with Crippen LogP contribution in [0.3, 0.4) is 0 Å². The van der Waals surface area contributed by atoms with Crippen molar-refractivity contribution in [2.75, 3.05) is 26.9 Å². The first-order valence-electron chi connectivity index (χ1n) is 7.57. The average Bonchev–Trinajstić information content (AvgIpc) is 2.95. The summed E-state index contributed by atoms with van der Waals surface area (Å²) in [6, 6.07) is 6.21. The SMILES string of the molecule is CN1CCC(NC(=O)CCc2ccc3c(c2)OCO3)CC1. The minimum absolute atomic E-state index is 0.141. The lowest BCUT2D eigenvalue weighted by Gasteiger charge is -2.29. The predicted molar refractivity (Wildman–Crippen MR) is 79.5 cm³/mol. The summed E-state index contributed by atoms with van der Waals surface area (Å²) in [6.45, 7) is 2.41. The van der Waals surface area contributed by atoms with Crippen LogP contribution < -0.4 is 14.8 Å². The fourth-order valence-corrected chi connectivity index (χ4v) is 2.81. The van der Waals surface area contributed by atoms with E-state index in [2.05, 4.69) is 17.3 Å². The van der Waals surface area contributed by atoms with Crippen LogP contribution in [0.5, 0.6) is 11.5 Å². The van der Waals surface area contributed by atoms with E-state index in [0.717, 1.165) is 49.4 Å². The summed E-state index contributed by atoms with van der Waals surface area (Å²) >= 11 is 0. The zero-order valence-electron chi connectivity index (χ0n) is 12.4. The molecule has 21 heavy (non-hydrogen) atoms. The number of piperidine rings is 1. The maximum Gasteiger partial charge on any atom is 0.231 e. The Balaban J connectivity index is 1.45. The molecule has 0 saturated carbocycles. The molecule has 1 N–H and O–H groups in total. The number of fused-ring (bicyclic) bond motifs is 1. The molecule has 114 valence electrons. The lowest BCUT2D eigenvalue weighted by atomic mass is 10.0. The van der Waals surface area contributed by atoms with Crippen LogP contribution in [0, 0.1) is 0 Å². The van der Waals surface area contributed by atoms with Gasteiger partial charge in [0.15, 0.2) is 11.5 Å². The van der Waals surface area contributed by atoms with Gasteiger partial charge >= 0.3 is 0 Å². The third-order valence-corrected chi connectivity index (χ3v) is 4.16. The number of carbonyl (C=O) groups excluding carboxylic acids is 1. The fraction of sp³-hybridized carbons (Fsp3) is 0.562. The number of nitrogens with one attached hydrogen (secondary N) is 1. The number of rotatable bonds is 4. The molecule has 0 radical (unpaired) electrons. The number of aryl methyl sites for hydroxylation is 1. The van der Waals surface area contributed by atoms with E-state index in [1.54, 1.807) is 0 Å². The van der Waals surface area contributed by atoms with Gasteiger partial charge in [-0.3, -0.25) is 4.79 Å². The van der Waals surface area contributed by atoms with Crippen molar-refractivity contribution >= 4 is 5.91 Å². The van der Waals surface area contributed by atoms with E-state index in [1.807, 2.05) is 18.2 Å². The van der Waals surface area contributed by atoms with Crippen molar-refractivity contribution in [3.05, 3.63) is 23.8 Å². The van der Waals surface area contributed by atoms with Crippen LogP contribution in [0.1, 0.15) is 24.8 Å². The van der Waals surface area contributed by atoms with E-state index in [0.29, 0.717) is 12.5 Å². The summed E-state index contributed by atoms with van der Waals surface area (Å²) in [4.78, 5) is 14.3. The Labute approximate surface area is 125 Å². The first kappa shape index (κ1) is 14.2. The molecule has 2 aliphatic rings. The van der Waals surface area contributed by atoms with Gasteiger partial charge in [-0.25, -0.2) is 0 Å². The molecule has 2 heterocycles. The largest absolute Gasteiger partial charge is 0.454 e. The van der Waals surface area contributed by atoms with Gasteiger partial charge in [-0.2, -0.15) is 0 Å². The molecule has 0 unspecified atom stereocenters. The summed E-state index contributed by atoms with van der Waals surface area (Å²) in [6.07, 6.45) is 3.35. The molecule has 0 aliphatic carbocycles. The lowest BCUT2D eigenvalue weighted by molar-refractivity contribution is -0.122. The quantitative estimate of drug-likeness (QED) is 0.914. The highest BCUT2D eigenvalue weighted by Gasteiger charge is 2.18. The smallest absolute Gasteiger partial charge is 0.231 e. The van der Waals surface area contributed by atoms with Gasteiger partial charge in [0.05, 0.1) is 0 Å². The van der Waals surface area contributed by atoms with Crippen molar-refractivity contribution in [2.24, 2.45) is 0 Å². The van der Waals surface area contributed by atoms with E-state index in [-0.39, 0.29) is 12.7 Å². The maximum absolute atomic E-state index is 12.0. The minimum atomic E-state index is 0.141. The van der Waals surface area contributed by atoms with Crippen LogP contribution in [0.2, 0.25) is 0 Å². The number of likely N-dealkylation sites (tertiary alicyclic amines) is 1. The predicted octanol–water partition coefficient (Wildman–Crippen LogP) is 1.56. The monoisotopic (exact) mass is 290 g/mol. The maximum atomic E-state index is 12.0. The van der Waals surface area contributed by atoms with Crippen molar-refractivity contribution in [2.45, 2.75) is 31.7 Å². The molecule has 5 nitrogen and oxygen atoms in total. The molecule has 5 heteroatoms. The molecule has 0 aromatic heterocycles. The van der Waals surface area contributed by atoms with Crippen molar-refractivity contribution in [1.29, 1.82) is 0 Å². The summed E-state index contributed by atoms with van der Waals surface area (Å²) < 4.78 is 10.6. The second-order valence-electron chi connectivity index (χ2n) is 5.83. The number of hydrogen-bond donors (Lipinski definition) is 1. The summed E-state index contributed by atoms with van der Waals surface area (Å²) in [5.41, 5.74) is 1.11. The van der Waals surface area contributed by atoms with E-state index in [4.69, 9.17) is 9.47 Å². The number of ether oxygens (including phenoxy) is 2. The minimum Gasteiger partial charge on any atom is -0.454 e. The zero-order valence-corrected chi connectivity index (χ0v) is 12.4. The van der Waals surface area contributed by atoms with E-state index < -0.39 is 0 Å². The van der Waals surface area contributed by atoms with E-state index >= 15 is 0 Å². The van der Waals surface area contributed by atoms with Crippen molar-refractivity contribution in [1.82, 2.24) is 10.2 Å². The molecule has 1 amide bonds. The number of carbonyl (C=O) groups is 1. The molecule has 1 aromatic carbocycles. The van der Waals surface area contributed by atoms with Gasteiger partial charge in [-0.15, -0.1) is 0 Å². The highest BCUT2D eigenvalue weighted by Crippen LogP contribution is 2.32. The molecule has 0 bridgehead atoms. The Bertz CT molecular complexity index is 510. The Kier molecular flexibility index (Phi) is 4.29. The van der Waals surface area contributed by atoms with Gasteiger partial charge in [-0.05, 0) is 57.1 Å². The first-order valence-corrected chi connectivity index (χ1v) is 7.57. The molecule has 0 atom stereocenters. The highest BCUT2D eigenvalue weighted by molar-refractivity contribution is 5.76. The normalized spacial score (nSPS) is 18.7. The van der Waals surface area contributed by atoms with Gasteiger partial charge in [-0.1, -0.05) is 6.07 Å². The summed E-state index contributed by atoms with van der Waals surface area (Å²) in [5, 5.41) is 3.14. The second-order valence-corrected chi connectivity index (χ2v) is 5.83. The topological polar surface area (TPSA) is 50.8 Å². The van der Waals surface area contributed by atoms with Gasteiger partial charge in [0, 0.05) is 12.5 Å². The molecule has 1 fully saturated rings. The molecule has 2 aliphatic heterocycles. The zero-order chi connectivity index (χ0) is 14.7. The van der Waals surface area contributed by atoms with Crippen LogP contribution >= 0.6 is 0 Å². The Morgan fingerprint density at radius 3 is 2.86 bits per heavy atom. The summed E-state index contributed by atoms with van der Waals surface area (Å²) in [5.74, 6) is 1.71. The van der Waals surface area contributed by atoms with Crippen molar-refractivity contribution in [3.63, 3.8) is 0 Å². The number of hydrogen-bond acceptors (Lipinski definition) is 4. The van der Waals surface area contributed by atoms with E-state index in [1.165, 1.54) is 0 Å². The standard InChI is InChI=1S/C16H22N2O3/c1-18-8-6-13(7-9-18)17-16(19)5-3-12-2-4-14-15(10-12)21-11-20-14/h2,4,10,13H,3,5-9,11H2,1H3,(H,17,19). The van der Waals surface area contributed by atoms with Crippen LogP contribution in [-0.2, 0) is 11.2 Å². The number of nitrogens with zero attached hydrogens (tertiary/aromatic N) is 1. The van der Waals surface area contributed by atoms with Gasteiger partial charge < -0.3 is 19.7 Å².